The van der Waals surface area contributed by atoms with E-state index in [0.29, 0.717) is 5.92 Å². The van der Waals surface area contributed by atoms with E-state index in [2.05, 4.69) is 12.2 Å². The highest BCUT2D eigenvalue weighted by molar-refractivity contribution is 5.80. The van der Waals surface area contributed by atoms with Gasteiger partial charge < -0.3 is 14.8 Å². The van der Waals surface area contributed by atoms with Crippen LogP contribution in [-0.4, -0.2) is 31.1 Å². The maximum Gasteiger partial charge on any atom is 0.309 e. The fourth-order valence-electron chi connectivity index (χ4n) is 2.88. The number of nitrogens with one attached hydrogen (secondary N) is 1. The van der Waals surface area contributed by atoms with E-state index in [9.17, 15) is 9.59 Å². The van der Waals surface area contributed by atoms with Crippen LogP contribution in [0.1, 0.15) is 44.6 Å². The molecule has 132 valence electrons. The van der Waals surface area contributed by atoms with Crippen molar-refractivity contribution in [3.63, 3.8) is 0 Å². The first-order valence-electron chi connectivity index (χ1n) is 8.69. The van der Waals surface area contributed by atoms with E-state index in [-0.39, 0.29) is 31.6 Å². The van der Waals surface area contributed by atoms with Crippen LogP contribution < -0.4 is 10.1 Å². The van der Waals surface area contributed by atoms with E-state index in [4.69, 9.17) is 9.47 Å². The van der Waals surface area contributed by atoms with Gasteiger partial charge in [-0.15, -0.1) is 0 Å². The number of ether oxygens (including phenoxy) is 2. The molecule has 0 saturated heterocycles. The summed E-state index contributed by atoms with van der Waals surface area (Å²) < 4.78 is 10.5. The van der Waals surface area contributed by atoms with Gasteiger partial charge in [0, 0.05) is 6.04 Å². The molecule has 1 aliphatic rings. The van der Waals surface area contributed by atoms with Crippen LogP contribution in [-0.2, 0) is 14.3 Å². The summed E-state index contributed by atoms with van der Waals surface area (Å²) >= 11 is 0. The second-order valence-corrected chi connectivity index (χ2v) is 6.51. The van der Waals surface area contributed by atoms with Crippen LogP contribution in [0.4, 0.5) is 0 Å². The third-order valence-corrected chi connectivity index (χ3v) is 4.42. The number of esters is 1. The van der Waals surface area contributed by atoms with Crippen LogP contribution in [0.2, 0.25) is 0 Å². The molecule has 5 heteroatoms. The summed E-state index contributed by atoms with van der Waals surface area (Å²) in [5.41, 5.74) is 1.15. The molecule has 1 amide bonds. The van der Waals surface area contributed by atoms with Crippen molar-refractivity contribution in [3.8, 4) is 5.75 Å². The van der Waals surface area contributed by atoms with Gasteiger partial charge in [0.15, 0.2) is 6.61 Å². The van der Waals surface area contributed by atoms with Crippen LogP contribution in [0.3, 0.4) is 0 Å². The topological polar surface area (TPSA) is 64.6 Å². The molecular weight excluding hydrogens is 306 g/mol. The van der Waals surface area contributed by atoms with E-state index >= 15 is 0 Å². The fourth-order valence-corrected chi connectivity index (χ4v) is 2.88. The van der Waals surface area contributed by atoms with E-state index in [1.807, 2.05) is 31.2 Å². The maximum absolute atomic E-state index is 11.9. The molecule has 0 heterocycles. The van der Waals surface area contributed by atoms with Gasteiger partial charge >= 0.3 is 5.97 Å². The highest BCUT2D eigenvalue weighted by Crippen LogP contribution is 2.23. The molecule has 1 aromatic carbocycles. The molecule has 0 radical (unpaired) electrons. The number of rotatable bonds is 7. The number of hydrogen-bond donors (Lipinski definition) is 1. The molecule has 0 unspecified atom stereocenters. The Morgan fingerprint density at radius 2 is 1.88 bits per heavy atom. The highest BCUT2D eigenvalue weighted by Gasteiger charge is 2.23. The minimum Gasteiger partial charge on any atom is -0.493 e. The van der Waals surface area contributed by atoms with Gasteiger partial charge in [0.2, 0.25) is 0 Å². The first-order chi connectivity index (χ1) is 11.5. The minimum atomic E-state index is -0.422. The predicted octanol–water partition coefficient (Wildman–Crippen LogP) is 3.00. The molecule has 2 rings (SSSR count). The third-order valence-electron chi connectivity index (χ3n) is 4.42. The molecule has 5 nitrogen and oxygen atoms in total. The number of carbonyl (C=O) groups excluding carboxylic acids is 2. The number of benzene rings is 1. The number of amides is 1. The lowest BCUT2D eigenvalue weighted by Crippen LogP contribution is -2.42. The van der Waals surface area contributed by atoms with E-state index in [1.165, 1.54) is 6.42 Å². The van der Waals surface area contributed by atoms with Gasteiger partial charge in [-0.1, -0.05) is 37.5 Å². The monoisotopic (exact) mass is 333 g/mol. The van der Waals surface area contributed by atoms with Gasteiger partial charge in [0.25, 0.3) is 5.91 Å². The van der Waals surface area contributed by atoms with E-state index < -0.39 is 5.97 Å². The number of hydrogen-bond acceptors (Lipinski definition) is 4. The van der Waals surface area contributed by atoms with E-state index in [0.717, 1.165) is 30.6 Å². The Kier molecular flexibility index (Phi) is 7.09. The Morgan fingerprint density at radius 3 is 2.58 bits per heavy atom. The van der Waals surface area contributed by atoms with Crippen molar-refractivity contribution < 1.29 is 19.1 Å². The quantitative estimate of drug-likeness (QED) is 0.779. The van der Waals surface area contributed by atoms with Crippen molar-refractivity contribution in [3.05, 3.63) is 29.8 Å². The van der Waals surface area contributed by atoms with Crippen LogP contribution in [0.25, 0.3) is 0 Å². The summed E-state index contributed by atoms with van der Waals surface area (Å²) in [5.74, 6) is 0.564. The number of aryl methyl sites for hydroxylation is 1. The van der Waals surface area contributed by atoms with Crippen LogP contribution in [0, 0.1) is 12.8 Å². The summed E-state index contributed by atoms with van der Waals surface area (Å²) in [4.78, 5) is 23.5. The van der Waals surface area contributed by atoms with Crippen LogP contribution in [0.15, 0.2) is 24.3 Å². The average molecular weight is 333 g/mol. The van der Waals surface area contributed by atoms with Crippen molar-refractivity contribution in [1.82, 2.24) is 5.32 Å². The molecule has 0 aromatic heterocycles. The first-order valence-corrected chi connectivity index (χ1v) is 8.69. The van der Waals surface area contributed by atoms with Gasteiger partial charge in [-0.2, -0.15) is 0 Å². The summed E-state index contributed by atoms with van der Waals surface area (Å²) in [5, 5.41) is 2.96. The molecule has 1 aliphatic carbocycles. The normalized spacial score (nSPS) is 20.2. The molecule has 0 bridgehead atoms. The molecule has 2 atom stereocenters. The SMILES string of the molecule is Cc1ccc(OCCC(=O)OCC(=O)N[C@@H]2CCCC[C@@H]2C)cc1. The zero-order valence-electron chi connectivity index (χ0n) is 14.5. The molecule has 1 aromatic rings. The van der Waals surface area contributed by atoms with Crippen molar-refractivity contribution in [2.45, 2.75) is 52.0 Å². The van der Waals surface area contributed by atoms with Gasteiger partial charge in [-0.25, -0.2) is 0 Å². The second-order valence-electron chi connectivity index (χ2n) is 6.51. The molecular formula is C19H27NO4. The van der Waals surface area contributed by atoms with Gasteiger partial charge in [-0.05, 0) is 37.8 Å². The van der Waals surface area contributed by atoms with Crippen molar-refractivity contribution in [1.29, 1.82) is 0 Å². The lowest BCUT2D eigenvalue weighted by molar-refractivity contribution is -0.149. The second kappa shape index (κ2) is 9.30. The smallest absolute Gasteiger partial charge is 0.309 e. The molecule has 1 N–H and O–H groups in total. The zero-order chi connectivity index (χ0) is 17.4. The summed E-state index contributed by atoms with van der Waals surface area (Å²) in [6.07, 6.45) is 4.64. The summed E-state index contributed by atoms with van der Waals surface area (Å²) in [6.45, 7) is 4.18. The van der Waals surface area contributed by atoms with Gasteiger partial charge in [-0.3, -0.25) is 9.59 Å². The van der Waals surface area contributed by atoms with Crippen molar-refractivity contribution >= 4 is 11.9 Å². The first kappa shape index (κ1) is 18.3. The summed E-state index contributed by atoms with van der Waals surface area (Å²) in [7, 11) is 0. The Hall–Kier alpha value is -2.04. The Morgan fingerprint density at radius 1 is 1.17 bits per heavy atom. The lowest BCUT2D eigenvalue weighted by Gasteiger charge is -2.29. The highest BCUT2D eigenvalue weighted by atomic mass is 16.5. The Balaban J connectivity index is 1.60. The zero-order valence-corrected chi connectivity index (χ0v) is 14.5. The average Bonchev–Trinajstić information content (AvgIpc) is 2.57. The molecule has 1 fully saturated rings. The summed E-state index contributed by atoms with van der Waals surface area (Å²) in [6, 6.07) is 7.82. The largest absolute Gasteiger partial charge is 0.493 e. The Bertz CT molecular complexity index is 541. The van der Waals surface area contributed by atoms with Gasteiger partial charge in [0.05, 0.1) is 13.0 Å². The molecule has 0 spiro atoms. The lowest BCUT2D eigenvalue weighted by atomic mass is 9.86. The fraction of sp³-hybridized carbons (Fsp3) is 0.579. The maximum atomic E-state index is 11.9. The van der Waals surface area contributed by atoms with E-state index in [1.54, 1.807) is 0 Å². The van der Waals surface area contributed by atoms with Crippen molar-refractivity contribution in [2.24, 2.45) is 5.92 Å². The van der Waals surface area contributed by atoms with Gasteiger partial charge in [0.1, 0.15) is 5.75 Å². The third kappa shape index (κ3) is 6.22. The molecule has 24 heavy (non-hydrogen) atoms. The van der Waals surface area contributed by atoms with Crippen LogP contribution in [0.5, 0.6) is 5.75 Å². The minimum absolute atomic E-state index is 0.126. The molecule has 0 aliphatic heterocycles. The standard InChI is InChI=1S/C19H27NO4/c1-14-7-9-16(10-8-14)23-12-11-19(22)24-13-18(21)20-17-6-4-3-5-15(17)2/h7-10,15,17H,3-6,11-13H2,1-2H3,(H,20,21)/t15-,17+/m0/s1. The molecule has 1 saturated carbocycles. The van der Waals surface area contributed by atoms with Crippen LogP contribution >= 0.6 is 0 Å². The Labute approximate surface area is 143 Å². The number of carbonyl (C=O) groups is 2. The predicted molar refractivity (Wildman–Crippen MR) is 91.8 cm³/mol. The van der Waals surface area contributed by atoms with Crippen molar-refractivity contribution in [2.75, 3.05) is 13.2 Å².